The summed E-state index contributed by atoms with van der Waals surface area (Å²) in [5.74, 6) is -0.260. The van der Waals surface area contributed by atoms with Gasteiger partial charge in [0.05, 0.1) is 39.0 Å². The fourth-order valence-corrected chi connectivity index (χ4v) is 5.31. The summed E-state index contributed by atoms with van der Waals surface area (Å²) in [5, 5.41) is 8.51. The first-order valence-electron chi connectivity index (χ1n) is 11.4. The minimum absolute atomic E-state index is 0.260. The molecule has 1 N–H and O–H groups in total. The van der Waals surface area contributed by atoms with E-state index in [-0.39, 0.29) is 5.82 Å². The van der Waals surface area contributed by atoms with Crippen molar-refractivity contribution in [2.24, 2.45) is 0 Å². The molecule has 6 rings (SSSR count). The summed E-state index contributed by atoms with van der Waals surface area (Å²) < 4.78 is 16.7. The van der Waals surface area contributed by atoms with Crippen molar-refractivity contribution < 1.29 is 4.39 Å². The molecule has 0 atom stereocenters. The van der Waals surface area contributed by atoms with Crippen LogP contribution >= 0.6 is 11.3 Å². The van der Waals surface area contributed by atoms with Crippen LogP contribution in [-0.2, 0) is 6.42 Å². The molecule has 0 fully saturated rings. The van der Waals surface area contributed by atoms with E-state index in [1.807, 2.05) is 18.3 Å². The largest absolute Gasteiger partial charge is 0.299 e. The van der Waals surface area contributed by atoms with Crippen LogP contribution in [0.5, 0.6) is 0 Å². The Bertz CT molecular complexity index is 1610. The second-order valence-electron chi connectivity index (χ2n) is 8.35. The van der Waals surface area contributed by atoms with Crippen molar-refractivity contribution in [1.29, 1.82) is 0 Å². The fourth-order valence-electron chi connectivity index (χ4n) is 4.26. The molecule has 4 heterocycles. The number of pyridine rings is 1. The second kappa shape index (κ2) is 8.50. The summed E-state index contributed by atoms with van der Waals surface area (Å²) in [4.78, 5) is 9.41. The zero-order chi connectivity index (χ0) is 23.1. The van der Waals surface area contributed by atoms with Crippen molar-refractivity contribution in [2.45, 2.75) is 26.2 Å². The van der Waals surface area contributed by atoms with Crippen LogP contribution in [0.3, 0.4) is 0 Å². The Morgan fingerprint density at radius 2 is 1.79 bits per heavy atom. The van der Waals surface area contributed by atoms with E-state index in [4.69, 9.17) is 4.98 Å². The fraction of sp³-hybridized carbons (Fsp3) is 0.148. The van der Waals surface area contributed by atoms with E-state index >= 15 is 0 Å². The molecule has 0 amide bonds. The normalized spacial score (nSPS) is 11.6. The second-order valence-corrected chi connectivity index (χ2v) is 9.46. The van der Waals surface area contributed by atoms with Crippen LogP contribution in [0, 0.1) is 5.82 Å². The summed E-state index contributed by atoms with van der Waals surface area (Å²) in [5.41, 5.74) is 7.74. The standard InChI is InChI=1S/C27H22FN5S/c1-2-3-4-26-31-22-11-7-18(13-24(22)34-26)23-15-29-25-12-8-19(16-33(23)25)21-14-30-32-27(21)17-5-9-20(28)10-6-17/h5-16H,2-4H2,1H3,(H,30,32). The van der Waals surface area contributed by atoms with Gasteiger partial charge >= 0.3 is 0 Å². The van der Waals surface area contributed by atoms with E-state index in [0.29, 0.717) is 0 Å². The van der Waals surface area contributed by atoms with Crippen molar-refractivity contribution in [1.82, 2.24) is 24.6 Å². The molecule has 0 radical (unpaired) electrons. The molecule has 0 saturated heterocycles. The highest BCUT2D eigenvalue weighted by atomic mass is 32.1. The number of thiazole rings is 1. The molecule has 0 saturated carbocycles. The summed E-state index contributed by atoms with van der Waals surface area (Å²) in [7, 11) is 0. The third kappa shape index (κ3) is 3.68. The number of hydrogen-bond acceptors (Lipinski definition) is 4. The number of aryl methyl sites for hydroxylation is 1. The molecule has 0 unspecified atom stereocenters. The monoisotopic (exact) mass is 467 g/mol. The van der Waals surface area contributed by atoms with Crippen molar-refractivity contribution in [2.75, 3.05) is 0 Å². The molecule has 5 nitrogen and oxygen atoms in total. The number of imidazole rings is 1. The van der Waals surface area contributed by atoms with Gasteiger partial charge in [-0.15, -0.1) is 11.3 Å². The highest BCUT2D eigenvalue weighted by molar-refractivity contribution is 7.18. The first-order chi connectivity index (χ1) is 16.7. The molecule has 0 aliphatic heterocycles. The maximum absolute atomic E-state index is 13.4. The first kappa shape index (κ1) is 20.7. The van der Waals surface area contributed by atoms with Gasteiger partial charge in [-0.25, -0.2) is 14.4 Å². The third-order valence-electron chi connectivity index (χ3n) is 6.06. The number of aromatic nitrogens is 5. The Labute approximate surface area is 200 Å². The zero-order valence-electron chi connectivity index (χ0n) is 18.6. The SMILES string of the molecule is CCCCc1nc2ccc(-c3cnc4ccc(-c5cn[nH]c5-c5ccc(F)cc5)cn34)cc2s1. The molecule has 0 bridgehead atoms. The molecular weight excluding hydrogens is 445 g/mol. The molecule has 168 valence electrons. The maximum atomic E-state index is 13.4. The van der Waals surface area contributed by atoms with Crippen molar-refractivity contribution in [3.05, 3.63) is 84.0 Å². The van der Waals surface area contributed by atoms with Gasteiger partial charge < -0.3 is 0 Å². The molecular formula is C27H22FN5S. The molecule has 0 aliphatic carbocycles. The number of nitrogens with one attached hydrogen (secondary N) is 1. The van der Waals surface area contributed by atoms with Crippen molar-refractivity contribution >= 4 is 27.2 Å². The van der Waals surface area contributed by atoms with Crippen molar-refractivity contribution in [3.63, 3.8) is 0 Å². The molecule has 0 spiro atoms. The third-order valence-corrected chi connectivity index (χ3v) is 7.14. The summed E-state index contributed by atoms with van der Waals surface area (Å²) in [6.07, 6.45) is 9.17. The van der Waals surface area contributed by atoms with Crippen LogP contribution in [0.25, 0.3) is 49.5 Å². The Hall–Kier alpha value is -3.84. The molecule has 4 aromatic heterocycles. The minimum atomic E-state index is -0.260. The van der Waals surface area contributed by atoms with Gasteiger partial charge in [-0.1, -0.05) is 19.4 Å². The number of fused-ring (bicyclic) bond motifs is 2. The molecule has 6 aromatic rings. The van der Waals surface area contributed by atoms with Crippen LogP contribution in [0.4, 0.5) is 4.39 Å². The molecule has 2 aromatic carbocycles. The average molecular weight is 468 g/mol. The van der Waals surface area contributed by atoms with Crippen LogP contribution in [0.15, 0.2) is 73.2 Å². The minimum Gasteiger partial charge on any atom is -0.299 e. The predicted molar refractivity (Wildman–Crippen MR) is 135 cm³/mol. The lowest BCUT2D eigenvalue weighted by atomic mass is 10.0. The smallest absolute Gasteiger partial charge is 0.137 e. The summed E-state index contributed by atoms with van der Waals surface area (Å²) >= 11 is 1.78. The topological polar surface area (TPSA) is 58.9 Å². The Morgan fingerprint density at radius 3 is 2.65 bits per heavy atom. The van der Waals surface area contributed by atoms with Gasteiger partial charge in [-0.3, -0.25) is 9.50 Å². The zero-order valence-corrected chi connectivity index (χ0v) is 19.4. The van der Waals surface area contributed by atoms with Gasteiger partial charge in [0.25, 0.3) is 0 Å². The summed E-state index contributed by atoms with van der Waals surface area (Å²) in [6.45, 7) is 2.20. The maximum Gasteiger partial charge on any atom is 0.137 e. The van der Waals surface area contributed by atoms with E-state index in [9.17, 15) is 4.39 Å². The Kier molecular flexibility index (Phi) is 5.19. The number of halogens is 1. The van der Waals surface area contributed by atoms with E-state index < -0.39 is 0 Å². The number of rotatable bonds is 6. The van der Waals surface area contributed by atoms with Gasteiger partial charge in [0.15, 0.2) is 0 Å². The van der Waals surface area contributed by atoms with Gasteiger partial charge in [-0.05, 0) is 61.4 Å². The van der Waals surface area contributed by atoms with Gasteiger partial charge in [-0.2, -0.15) is 5.10 Å². The van der Waals surface area contributed by atoms with E-state index in [1.165, 1.54) is 28.3 Å². The van der Waals surface area contributed by atoms with Crippen LogP contribution < -0.4 is 0 Å². The predicted octanol–water partition coefficient (Wildman–Crippen LogP) is 7.15. The molecule has 0 aliphatic rings. The number of H-pyrrole nitrogens is 1. The van der Waals surface area contributed by atoms with E-state index in [2.05, 4.69) is 50.9 Å². The number of hydrogen-bond donors (Lipinski definition) is 1. The number of aromatic amines is 1. The van der Waals surface area contributed by atoms with Crippen LogP contribution in [0.2, 0.25) is 0 Å². The van der Waals surface area contributed by atoms with Crippen molar-refractivity contribution in [3.8, 4) is 33.6 Å². The van der Waals surface area contributed by atoms with Gasteiger partial charge in [0, 0.05) is 28.5 Å². The van der Waals surface area contributed by atoms with E-state index in [0.717, 1.165) is 57.6 Å². The lowest BCUT2D eigenvalue weighted by molar-refractivity contribution is 0.628. The molecule has 34 heavy (non-hydrogen) atoms. The molecule has 7 heteroatoms. The first-order valence-corrected chi connectivity index (χ1v) is 12.2. The van der Waals surface area contributed by atoms with E-state index in [1.54, 1.807) is 29.7 Å². The van der Waals surface area contributed by atoms with Crippen LogP contribution in [-0.4, -0.2) is 24.6 Å². The lowest BCUT2D eigenvalue weighted by Gasteiger charge is -2.07. The Balaban J connectivity index is 1.41. The van der Waals surface area contributed by atoms with Gasteiger partial charge in [0.2, 0.25) is 0 Å². The average Bonchev–Trinajstić information content (AvgIpc) is 3.60. The lowest BCUT2D eigenvalue weighted by Crippen LogP contribution is -1.91. The Morgan fingerprint density at radius 1 is 0.971 bits per heavy atom. The van der Waals surface area contributed by atoms with Crippen LogP contribution in [0.1, 0.15) is 24.8 Å². The van der Waals surface area contributed by atoms with Gasteiger partial charge in [0.1, 0.15) is 11.5 Å². The number of benzene rings is 2. The highest BCUT2D eigenvalue weighted by Crippen LogP contribution is 2.33. The highest BCUT2D eigenvalue weighted by Gasteiger charge is 2.14. The summed E-state index contributed by atoms with van der Waals surface area (Å²) in [6, 6.07) is 16.9. The quantitative estimate of drug-likeness (QED) is 0.283. The number of nitrogens with zero attached hydrogens (tertiary/aromatic N) is 4. The number of unbranched alkanes of at least 4 members (excludes halogenated alkanes) is 1.